The molecule has 29 heavy (non-hydrogen) atoms. The predicted octanol–water partition coefficient (Wildman–Crippen LogP) is 2.19. The zero-order chi connectivity index (χ0) is 21.2. The summed E-state index contributed by atoms with van der Waals surface area (Å²) in [5, 5.41) is 9.90. The number of hydrogen-bond donors (Lipinski definition) is 1. The van der Waals surface area contributed by atoms with E-state index >= 15 is 0 Å². The third-order valence-corrected chi connectivity index (χ3v) is 6.92. The predicted molar refractivity (Wildman–Crippen MR) is 105 cm³/mol. The number of aromatic nitrogens is 2. The van der Waals surface area contributed by atoms with Crippen molar-refractivity contribution >= 4 is 31.6 Å². The third-order valence-electron chi connectivity index (χ3n) is 4.02. The largest absolute Gasteiger partial charge is 0.403 e. The molecule has 1 aromatic heterocycles. The molecule has 0 saturated carbocycles. The minimum atomic E-state index is -3.60. The van der Waals surface area contributed by atoms with E-state index in [4.69, 9.17) is 4.42 Å². The van der Waals surface area contributed by atoms with Gasteiger partial charge in [0.25, 0.3) is 5.91 Å². The van der Waals surface area contributed by atoms with Crippen LogP contribution >= 0.6 is 0 Å². The Bertz CT molecular complexity index is 1260. The Labute approximate surface area is 167 Å². The normalized spacial score (nSPS) is 11.9. The number of amides is 1. The second kappa shape index (κ2) is 7.76. The summed E-state index contributed by atoms with van der Waals surface area (Å²) in [6, 6.07) is 11.4. The standard InChI is InChI=1S/C18H17N3O6S2/c1-3-29(25,26)13-10-8-12(9-11-13)17-20-21-18(27-17)19-16(22)14-6-4-5-7-15(14)28(2,23)24/h4-11H,3H2,1-2H3,(H,19,21,22). The van der Waals surface area contributed by atoms with Gasteiger partial charge in [-0.2, -0.15) is 0 Å². The van der Waals surface area contributed by atoms with Crippen molar-refractivity contribution in [1.29, 1.82) is 0 Å². The minimum absolute atomic E-state index is 0.0158. The van der Waals surface area contributed by atoms with Gasteiger partial charge in [-0.25, -0.2) is 16.8 Å². The molecule has 0 aliphatic carbocycles. The molecule has 0 saturated heterocycles. The monoisotopic (exact) mass is 435 g/mol. The van der Waals surface area contributed by atoms with Gasteiger partial charge in [0, 0.05) is 11.8 Å². The Hall–Kier alpha value is -3.05. The van der Waals surface area contributed by atoms with Gasteiger partial charge < -0.3 is 4.42 Å². The van der Waals surface area contributed by atoms with Crippen molar-refractivity contribution in [3.63, 3.8) is 0 Å². The molecule has 1 N–H and O–H groups in total. The van der Waals surface area contributed by atoms with Crippen molar-refractivity contribution in [1.82, 2.24) is 10.2 Å². The molecule has 3 rings (SSSR count). The van der Waals surface area contributed by atoms with Crippen molar-refractivity contribution in [3.05, 3.63) is 54.1 Å². The molecule has 152 valence electrons. The molecular formula is C18H17N3O6S2. The number of carbonyl (C=O) groups excluding carboxylic acids is 1. The molecule has 0 aliphatic heterocycles. The van der Waals surface area contributed by atoms with Crippen LogP contribution in [0.2, 0.25) is 0 Å². The Morgan fingerprint density at radius 2 is 1.66 bits per heavy atom. The Kier molecular flexibility index (Phi) is 5.53. The minimum Gasteiger partial charge on any atom is -0.403 e. The van der Waals surface area contributed by atoms with Crippen LogP contribution < -0.4 is 5.32 Å². The second-order valence-electron chi connectivity index (χ2n) is 6.06. The molecule has 11 heteroatoms. The zero-order valence-corrected chi connectivity index (χ0v) is 17.1. The first-order valence-electron chi connectivity index (χ1n) is 8.39. The average Bonchev–Trinajstić information content (AvgIpc) is 3.16. The molecule has 0 spiro atoms. The highest BCUT2D eigenvalue weighted by atomic mass is 32.2. The first-order valence-corrected chi connectivity index (χ1v) is 11.9. The van der Waals surface area contributed by atoms with E-state index in [1.807, 2.05) is 0 Å². The topological polar surface area (TPSA) is 136 Å². The number of rotatable bonds is 6. The number of benzene rings is 2. The van der Waals surface area contributed by atoms with Crippen molar-refractivity contribution < 1.29 is 26.0 Å². The van der Waals surface area contributed by atoms with Gasteiger partial charge in [-0.1, -0.05) is 24.2 Å². The Morgan fingerprint density at radius 1 is 1.00 bits per heavy atom. The summed E-state index contributed by atoms with van der Waals surface area (Å²) in [6.07, 6.45) is 1.01. The molecule has 0 atom stereocenters. The van der Waals surface area contributed by atoms with Crippen molar-refractivity contribution in [3.8, 4) is 11.5 Å². The second-order valence-corrected chi connectivity index (χ2v) is 10.3. The van der Waals surface area contributed by atoms with E-state index in [1.165, 1.54) is 48.5 Å². The number of carbonyl (C=O) groups is 1. The first-order chi connectivity index (χ1) is 13.6. The van der Waals surface area contributed by atoms with Crippen LogP contribution in [0.3, 0.4) is 0 Å². The molecule has 2 aromatic carbocycles. The number of nitrogens with zero attached hydrogens (tertiary/aromatic N) is 2. The molecule has 0 bridgehead atoms. The maximum Gasteiger partial charge on any atom is 0.322 e. The van der Waals surface area contributed by atoms with Gasteiger partial charge in [0.1, 0.15) is 0 Å². The highest BCUT2D eigenvalue weighted by Gasteiger charge is 2.20. The van der Waals surface area contributed by atoms with E-state index in [0.717, 1.165) is 6.26 Å². The van der Waals surface area contributed by atoms with E-state index in [9.17, 15) is 21.6 Å². The lowest BCUT2D eigenvalue weighted by Gasteiger charge is -2.06. The number of sulfone groups is 2. The summed E-state index contributed by atoms with van der Waals surface area (Å²) in [7, 11) is -6.93. The van der Waals surface area contributed by atoms with E-state index in [1.54, 1.807) is 6.92 Å². The van der Waals surface area contributed by atoms with Gasteiger partial charge >= 0.3 is 6.01 Å². The molecule has 0 radical (unpaired) electrons. The van der Waals surface area contributed by atoms with Crippen LogP contribution in [0.1, 0.15) is 17.3 Å². The molecular weight excluding hydrogens is 418 g/mol. The summed E-state index contributed by atoms with van der Waals surface area (Å²) >= 11 is 0. The smallest absolute Gasteiger partial charge is 0.322 e. The van der Waals surface area contributed by atoms with Crippen LogP contribution in [0.15, 0.2) is 62.7 Å². The quantitative estimate of drug-likeness (QED) is 0.622. The van der Waals surface area contributed by atoms with E-state index in [2.05, 4.69) is 15.5 Å². The molecule has 1 amide bonds. The van der Waals surface area contributed by atoms with Gasteiger partial charge in [0.2, 0.25) is 5.89 Å². The number of anilines is 1. The van der Waals surface area contributed by atoms with E-state index < -0.39 is 25.6 Å². The first kappa shape index (κ1) is 20.7. The molecule has 3 aromatic rings. The van der Waals surface area contributed by atoms with Crippen molar-refractivity contribution in [2.45, 2.75) is 16.7 Å². The lowest BCUT2D eigenvalue weighted by Crippen LogP contribution is -2.16. The molecule has 9 nitrogen and oxygen atoms in total. The van der Waals surface area contributed by atoms with Crippen molar-refractivity contribution in [2.24, 2.45) is 0 Å². The summed E-state index contributed by atoms with van der Waals surface area (Å²) < 4.78 is 52.8. The Balaban J connectivity index is 1.82. The third kappa shape index (κ3) is 4.51. The van der Waals surface area contributed by atoms with E-state index in [0.29, 0.717) is 5.56 Å². The van der Waals surface area contributed by atoms with Gasteiger partial charge in [0.05, 0.1) is 21.1 Å². The summed E-state index contributed by atoms with van der Waals surface area (Å²) in [4.78, 5) is 12.5. The SMILES string of the molecule is CCS(=O)(=O)c1ccc(-c2nnc(NC(=O)c3ccccc3S(C)(=O)=O)o2)cc1. The number of hydrogen-bond acceptors (Lipinski definition) is 8. The lowest BCUT2D eigenvalue weighted by atomic mass is 10.2. The van der Waals surface area contributed by atoms with Gasteiger partial charge in [-0.15, -0.1) is 5.10 Å². The fourth-order valence-electron chi connectivity index (χ4n) is 2.50. The molecule has 0 unspecified atom stereocenters. The van der Waals surface area contributed by atoms with Crippen LogP contribution in [0.4, 0.5) is 6.01 Å². The lowest BCUT2D eigenvalue weighted by molar-refractivity contribution is 0.102. The van der Waals surface area contributed by atoms with Crippen LogP contribution in [0, 0.1) is 0 Å². The van der Waals surface area contributed by atoms with Crippen LogP contribution in [-0.2, 0) is 19.7 Å². The van der Waals surface area contributed by atoms with Crippen LogP contribution in [-0.4, -0.2) is 44.9 Å². The molecule has 0 aliphatic rings. The maximum absolute atomic E-state index is 12.4. The summed E-state index contributed by atoms with van der Waals surface area (Å²) in [6.45, 7) is 1.55. The summed E-state index contributed by atoms with van der Waals surface area (Å²) in [5.41, 5.74) is 0.411. The van der Waals surface area contributed by atoms with Crippen LogP contribution in [0.5, 0.6) is 0 Å². The van der Waals surface area contributed by atoms with Crippen LogP contribution in [0.25, 0.3) is 11.5 Å². The number of nitrogens with one attached hydrogen (secondary N) is 1. The zero-order valence-electron chi connectivity index (χ0n) is 15.5. The summed E-state index contributed by atoms with van der Waals surface area (Å²) in [5.74, 6) is -0.666. The fraction of sp³-hybridized carbons (Fsp3) is 0.167. The molecule has 1 heterocycles. The van der Waals surface area contributed by atoms with Gasteiger partial charge in [0.15, 0.2) is 19.7 Å². The van der Waals surface area contributed by atoms with E-state index in [-0.39, 0.29) is 33.0 Å². The maximum atomic E-state index is 12.4. The molecule has 0 fully saturated rings. The van der Waals surface area contributed by atoms with Crippen molar-refractivity contribution in [2.75, 3.05) is 17.3 Å². The fourth-order valence-corrected chi connectivity index (χ4v) is 4.27. The van der Waals surface area contributed by atoms with Gasteiger partial charge in [-0.05, 0) is 36.4 Å². The van der Waals surface area contributed by atoms with Gasteiger partial charge in [-0.3, -0.25) is 10.1 Å². The average molecular weight is 435 g/mol. The highest BCUT2D eigenvalue weighted by molar-refractivity contribution is 7.91. The highest BCUT2D eigenvalue weighted by Crippen LogP contribution is 2.23. The Morgan fingerprint density at radius 3 is 2.28 bits per heavy atom.